The van der Waals surface area contributed by atoms with Crippen molar-refractivity contribution in [3.05, 3.63) is 0 Å². The van der Waals surface area contributed by atoms with Gasteiger partial charge in [-0.2, -0.15) is 0 Å². The normalized spacial score (nSPS) is 45.6. The third kappa shape index (κ3) is 1.61. The van der Waals surface area contributed by atoms with E-state index < -0.39 is 6.10 Å². The lowest BCUT2D eigenvalue weighted by molar-refractivity contribution is -0.121. The van der Waals surface area contributed by atoms with E-state index in [1.807, 2.05) is 0 Å². The number of aliphatic hydroxyl groups is 1. The highest BCUT2D eigenvalue weighted by atomic mass is 16.3. The molecule has 0 saturated heterocycles. The van der Waals surface area contributed by atoms with Gasteiger partial charge in [0.1, 0.15) is 11.9 Å². The molecule has 2 aliphatic rings. The number of hydrogen-bond donors (Lipinski definition) is 1. The molecule has 0 aromatic heterocycles. The van der Waals surface area contributed by atoms with Crippen LogP contribution in [-0.2, 0) is 9.59 Å². The van der Waals surface area contributed by atoms with Crippen LogP contribution in [0.1, 0.15) is 40.0 Å². The van der Waals surface area contributed by atoms with Gasteiger partial charge in [-0.3, -0.25) is 9.59 Å². The van der Waals surface area contributed by atoms with E-state index >= 15 is 0 Å². The zero-order chi connectivity index (χ0) is 12.1. The molecule has 16 heavy (non-hydrogen) atoms. The maximum atomic E-state index is 11.9. The minimum atomic E-state index is -0.776. The van der Waals surface area contributed by atoms with Gasteiger partial charge in [0.15, 0.2) is 5.78 Å². The summed E-state index contributed by atoms with van der Waals surface area (Å²) in [6.45, 7) is 6.42. The number of Topliss-reactive ketones (excluding diaryl/α,β-unsaturated/α-hetero) is 2. The van der Waals surface area contributed by atoms with Crippen molar-refractivity contribution in [3.8, 4) is 0 Å². The molecule has 90 valence electrons. The maximum Gasteiger partial charge on any atom is 0.168 e. The molecule has 5 atom stereocenters. The monoisotopic (exact) mass is 224 g/mol. The largest absolute Gasteiger partial charge is 0.385 e. The zero-order valence-corrected chi connectivity index (χ0v) is 10.2. The maximum absolute atomic E-state index is 11.9. The molecule has 2 saturated carbocycles. The Morgan fingerprint density at radius 3 is 2.44 bits per heavy atom. The molecule has 0 aromatic rings. The van der Waals surface area contributed by atoms with Crippen molar-refractivity contribution in [2.45, 2.75) is 46.1 Å². The molecule has 5 unspecified atom stereocenters. The molecule has 0 aliphatic heterocycles. The molecule has 3 nitrogen and oxygen atoms in total. The first-order valence-corrected chi connectivity index (χ1v) is 6.18. The fourth-order valence-corrected chi connectivity index (χ4v) is 3.01. The molecule has 2 fully saturated rings. The topological polar surface area (TPSA) is 54.4 Å². The van der Waals surface area contributed by atoms with E-state index in [-0.39, 0.29) is 28.8 Å². The molecule has 2 rings (SSSR count). The van der Waals surface area contributed by atoms with E-state index in [9.17, 15) is 9.59 Å². The summed E-state index contributed by atoms with van der Waals surface area (Å²) in [5.74, 6) is 0.609. The fourth-order valence-electron chi connectivity index (χ4n) is 3.01. The number of ketones is 2. The lowest BCUT2D eigenvalue weighted by Crippen LogP contribution is -2.08. The molecule has 0 spiro atoms. The van der Waals surface area contributed by atoms with Crippen molar-refractivity contribution in [2.24, 2.45) is 23.2 Å². The average molecular weight is 224 g/mol. The summed E-state index contributed by atoms with van der Waals surface area (Å²) in [5.41, 5.74) is 0.184. The standard InChI is InChI=1S/C13H20O3/c1-4-13(3)7(2)10(13)9(14)6-5-8-11(15)12(8)16/h7-8,10-11,15H,4-6H2,1-3H3. The van der Waals surface area contributed by atoms with Crippen LogP contribution in [0.4, 0.5) is 0 Å². The van der Waals surface area contributed by atoms with Gasteiger partial charge in [-0.1, -0.05) is 20.8 Å². The molecule has 0 heterocycles. The Balaban J connectivity index is 1.80. The predicted octanol–water partition coefficient (Wildman–Crippen LogP) is 1.58. The summed E-state index contributed by atoms with van der Waals surface area (Å²) >= 11 is 0. The molecule has 0 amide bonds. The molecule has 1 N–H and O–H groups in total. The fraction of sp³-hybridized carbons (Fsp3) is 0.846. The highest BCUT2D eigenvalue weighted by molar-refractivity contribution is 6.02. The van der Waals surface area contributed by atoms with Crippen molar-refractivity contribution in [2.75, 3.05) is 0 Å². The second kappa shape index (κ2) is 3.66. The minimum absolute atomic E-state index is 0.0881. The van der Waals surface area contributed by atoms with E-state index in [0.29, 0.717) is 18.8 Å². The van der Waals surface area contributed by atoms with Gasteiger partial charge in [0.2, 0.25) is 0 Å². The van der Waals surface area contributed by atoms with Gasteiger partial charge in [0.25, 0.3) is 0 Å². The Hall–Kier alpha value is -0.700. The molecular formula is C13H20O3. The van der Waals surface area contributed by atoms with Crippen LogP contribution < -0.4 is 0 Å². The van der Waals surface area contributed by atoms with Gasteiger partial charge in [0, 0.05) is 12.3 Å². The van der Waals surface area contributed by atoms with Crippen LogP contribution in [0.2, 0.25) is 0 Å². The summed E-state index contributed by atoms with van der Waals surface area (Å²) in [7, 11) is 0. The zero-order valence-electron chi connectivity index (χ0n) is 10.2. The first-order valence-electron chi connectivity index (χ1n) is 6.18. The predicted molar refractivity (Wildman–Crippen MR) is 59.8 cm³/mol. The summed E-state index contributed by atoms with van der Waals surface area (Å²) in [4.78, 5) is 22.8. The Labute approximate surface area is 96.2 Å². The van der Waals surface area contributed by atoms with Crippen LogP contribution in [0.5, 0.6) is 0 Å². The van der Waals surface area contributed by atoms with Crippen LogP contribution in [0.25, 0.3) is 0 Å². The number of rotatable bonds is 5. The van der Waals surface area contributed by atoms with Crippen molar-refractivity contribution < 1.29 is 14.7 Å². The SMILES string of the molecule is CCC1(C)C(C)C1C(=O)CCC1C(=O)C1O. The van der Waals surface area contributed by atoms with Crippen LogP contribution in [0.3, 0.4) is 0 Å². The number of carbonyl (C=O) groups is 2. The lowest BCUT2D eigenvalue weighted by Gasteiger charge is -2.06. The van der Waals surface area contributed by atoms with E-state index in [1.54, 1.807) is 0 Å². The molecule has 0 radical (unpaired) electrons. The van der Waals surface area contributed by atoms with Crippen LogP contribution >= 0.6 is 0 Å². The quantitative estimate of drug-likeness (QED) is 0.771. The van der Waals surface area contributed by atoms with Gasteiger partial charge in [-0.25, -0.2) is 0 Å². The molecule has 0 bridgehead atoms. The second-order valence-corrected chi connectivity index (χ2v) is 5.58. The van der Waals surface area contributed by atoms with E-state index in [1.165, 1.54) is 0 Å². The van der Waals surface area contributed by atoms with Gasteiger partial charge < -0.3 is 5.11 Å². The Morgan fingerprint density at radius 2 is 2.06 bits per heavy atom. The first-order chi connectivity index (χ1) is 7.43. The summed E-state index contributed by atoms with van der Waals surface area (Å²) < 4.78 is 0. The average Bonchev–Trinajstić information content (AvgIpc) is 3.02. The van der Waals surface area contributed by atoms with Crippen LogP contribution in [-0.4, -0.2) is 22.8 Å². The third-order valence-electron chi connectivity index (χ3n) is 4.88. The molecule has 3 heteroatoms. The minimum Gasteiger partial charge on any atom is -0.385 e. The van der Waals surface area contributed by atoms with Gasteiger partial charge in [0.05, 0.1) is 5.92 Å². The van der Waals surface area contributed by atoms with E-state index in [2.05, 4.69) is 20.8 Å². The summed E-state index contributed by atoms with van der Waals surface area (Å²) in [5, 5.41) is 9.10. The first kappa shape index (κ1) is 11.8. The molecule has 0 aromatic carbocycles. The Morgan fingerprint density at radius 1 is 1.50 bits per heavy atom. The van der Waals surface area contributed by atoms with Crippen LogP contribution in [0.15, 0.2) is 0 Å². The number of aliphatic hydroxyl groups excluding tert-OH is 1. The van der Waals surface area contributed by atoms with E-state index in [4.69, 9.17) is 5.11 Å². The van der Waals surface area contributed by atoms with E-state index in [0.717, 1.165) is 6.42 Å². The summed E-state index contributed by atoms with van der Waals surface area (Å²) in [6.07, 6.45) is 1.26. The van der Waals surface area contributed by atoms with Gasteiger partial charge in [-0.15, -0.1) is 0 Å². The highest BCUT2D eigenvalue weighted by Gasteiger charge is 2.60. The third-order valence-corrected chi connectivity index (χ3v) is 4.88. The Bertz CT molecular complexity index is 336. The van der Waals surface area contributed by atoms with Crippen molar-refractivity contribution in [3.63, 3.8) is 0 Å². The Kier molecular flexibility index (Phi) is 2.69. The highest BCUT2D eigenvalue weighted by Crippen LogP contribution is 2.61. The van der Waals surface area contributed by atoms with Crippen LogP contribution in [0, 0.1) is 23.2 Å². The van der Waals surface area contributed by atoms with Crippen molar-refractivity contribution in [1.29, 1.82) is 0 Å². The smallest absolute Gasteiger partial charge is 0.168 e. The number of carbonyl (C=O) groups excluding carboxylic acids is 2. The molecule has 2 aliphatic carbocycles. The van der Waals surface area contributed by atoms with Gasteiger partial charge in [-0.05, 0) is 24.2 Å². The number of hydrogen-bond acceptors (Lipinski definition) is 3. The second-order valence-electron chi connectivity index (χ2n) is 5.58. The molecular weight excluding hydrogens is 204 g/mol. The lowest BCUT2D eigenvalue weighted by atomic mass is 9.98. The van der Waals surface area contributed by atoms with Crippen molar-refractivity contribution >= 4 is 11.6 Å². The summed E-state index contributed by atoms with van der Waals surface area (Å²) in [6, 6.07) is 0. The van der Waals surface area contributed by atoms with Crippen molar-refractivity contribution in [1.82, 2.24) is 0 Å². The van der Waals surface area contributed by atoms with Gasteiger partial charge >= 0.3 is 0 Å².